The van der Waals surface area contributed by atoms with Crippen LogP contribution in [-0.2, 0) is 23.6 Å². The van der Waals surface area contributed by atoms with Crippen molar-refractivity contribution in [1.29, 1.82) is 5.26 Å². The molecular weight excluding hydrogens is 432 g/mol. The highest BCUT2D eigenvalue weighted by atomic mass is 32.1. The molecule has 3 rings (SSSR count). The summed E-state index contributed by atoms with van der Waals surface area (Å²) in [6.45, 7) is 0. The molecule has 0 unspecified atom stereocenters. The van der Waals surface area contributed by atoms with Gasteiger partial charge in [-0.25, -0.2) is 4.98 Å². The SMILES string of the molecule is N#CC1(C(=O)Nc2ncc(Cc3cc(C(F)(F)F)cc(C(F)(F)F)c3)s2)CCCC1. The minimum atomic E-state index is -4.92. The van der Waals surface area contributed by atoms with Gasteiger partial charge in [0.25, 0.3) is 0 Å². The van der Waals surface area contributed by atoms with Crippen molar-refractivity contribution in [2.45, 2.75) is 44.5 Å². The van der Waals surface area contributed by atoms with Crippen LogP contribution >= 0.6 is 11.3 Å². The van der Waals surface area contributed by atoms with Crippen LogP contribution in [0, 0.1) is 16.7 Å². The number of benzene rings is 1. The molecule has 1 heterocycles. The highest BCUT2D eigenvalue weighted by Gasteiger charge is 2.42. The van der Waals surface area contributed by atoms with Crippen LogP contribution < -0.4 is 5.32 Å². The largest absolute Gasteiger partial charge is 0.416 e. The molecule has 1 aromatic heterocycles. The predicted octanol–water partition coefficient (Wildman–Crippen LogP) is 5.79. The zero-order chi connectivity index (χ0) is 22.2. The second-order valence-electron chi connectivity index (χ2n) is 7.08. The Morgan fingerprint density at radius 2 is 1.67 bits per heavy atom. The first kappa shape index (κ1) is 22.1. The monoisotopic (exact) mass is 447 g/mol. The lowest BCUT2D eigenvalue weighted by Gasteiger charge is -2.17. The number of alkyl halides is 6. The smallest absolute Gasteiger partial charge is 0.301 e. The molecule has 0 radical (unpaired) electrons. The Morgan fingerprint density at radius 3 is 2.17 bits per heavy atom. The second-order valence-corrected chi connectivity index (χ2v) is 8.19. The average molecular weight is 447 g/mol. The summed E-state index contributed by atoms with van der Waals surface area (Å²) in [6.07, 6.45) is -6.42. The maximum absolute atomic E-state index is 13.0. The molecule has 0 atom stereocenters. The second kappa shape index (κ2) is 7.91. The van der Waals surface area contributed by atoms with E-state index in [-0.39, 0.29) is 23.2 Å². The third-order valence-electron chi connectivity index (χ3n) is 4.91. The fourth-order valence-corrected chi connectivity index (χ4v) is 4.20. The molecule has 1 aromatic carbocycles. The Morgan fingerprint density at radius 1 is 1.10 bits per heavy atom. The summed E-state index contributed by atoms with van der Waals surface area (Å²) < 4.78 is 77.9. The maximum atomic E-state index is 13.0. The predicted molar refractivity (Wildman–Crippen MR) is 96.5 cm³/mol. The molecule has 0 saturated heterocycles. The fraction of sp³-hybridized carbons (Fsp3) is 0.421. The van der Waals surface area contributed by atoms with Crippen molar-refractivity contribution < 1.29 is 31.1 Å². The summed E-state index contributed by atoms with van der Waals surface area (Å²) >= 11 is 0.936. The van der Waals surface area contributed by atoms with Gasteiger partial charge in [-0.1, -0.05) is 12.8 Å². The molecule has 0 aliphatic heterocycles. The molecular formula is C19H15F6N3OS. The first-order valence-corrected chi connectivity index (χ1v) is 9.70. The van der Waals surface area contributed by atoms with Gasteiger partial charge in [0.05, 0.1) is 17.2 Å². The summed E-state index contributed by atoms with van der Waals surface area (Å²) in [6, 6.07) is 3.44. The molecule has 4 nitrogen and oxygen atoms in total. The van der Waals surface area contributed by atoms with Crippen LogP contribution in [0.15, 0.2) is 24.4 Å². The van der Waals surface area contributed by atoms with Gasteiger partial charge in [-0.15, -0.1) is 11.3 Å². The number of thiazole rings is 1. The summed E-state index contributed by atoms with van der Waals surface area (Å²) in [5.74, 6) is -0.498. The molecule has 1 amide bonds. The van der Waals surface area contributed by atoms with E-state index in [0.29, 0.717) is 29.9 Å². The summed E-state index contributed by atoms with van der Waals surface area (Å²) in [5, 5.41) is 12.0. The van der Waals surface area contributed by atoms with Crippen LogP contribution in [0.2, 0.25) is 0 Å². The number of nitrogens with one attached hydrogen (secondary N) is 1. The number of nitriles is 1. The van der Waals surface area contributed by atoms with Gasteiger partial charge < -0.3 is 5.32 Å². The van der Waals surface area contributed by atoms with Crippen molar-refractivity contribution in [2.24, 2.45) is 5.41 Å². The van der Waals surface area contributed by atoms with E-state index in [2.05, 4.69) is 10.3 Å². The van der Waals surface area contributed by atoms with Gasteiger partial charge in [0.1, 0.15) is 5.41 Å². The Kier molecular flexibility index (Phi) is 5.82. The molecule has 1 N–H and O–H groups in total. The number of carbonyl (C=O) groups excluding carboxylic acids is 1. The van der Waals surface area contributed by atoms with Crippen LogP contribution in [0.1, 0.15) is 47.3 Å². The molecule has 0 spiro atoms. The van der Waals surface area contributed by atoms with E-state index in [9.17, 15) is 36.4 Å². The summed E-state index contributed by atoms with van der Waals surface area (Å²) in [5.41, 5.74) is -4.08. The normalized spacial score (nSPS) is 16.3. The van der Waals surface area contributed by atoms with Crippen molar-refractivity contribution in [3.63, 3.8) is 0 Å². The van der Waals surface area contributed by atoms with E-state index in [0.717, 1.165) is 24.2 Å². The van der Waals surface area contributed by atoms with Crippen molar-refractivity contribution in [1.82, 2.24) is 4.98 Å². The fourth-order valence-electron chi connectivity index (χ4n) is 3.35. The number of aromatic nitrogens is 1. The molecule has 11 heteroatoms. The molecule has 1 aliphatic carbocycles. The Labute approximate surface area is 171 Å². The highest BCUT2D eigenvalue weighted by Crippen LogP contribution is 2.39. The lowest BCUT2D eigenvalue weighted by Crippen LogP contribution is -2.32. The lowest BCUT2D eigenvalue weighted by atomic mass is 9.87. The van der Waals surface area contributed by atoms with Gasteiger partial charge in [0.2, 0.25) is 5.91 Å². The van der Waals surface area contributed by atoms with E-state index < -0.39 is 34.8 Å². The minimum absolute atomic E-state index is 0.0742. The number of nitrogens with zero attached hydrogens (tertiary/aromatic N) is 2. The van der Waals surface area contributed by atoms with Crippen LogP contribution in [0.4, 0.5) is 31.5 Å². The Hall–Kier alpha value is -2.61. The van der Waals surface area contributed by atoms with E-state index in [1.54, 1.807) is 0 Å². The molecule has 1 aliphatic rings. The van der Waals surface area contributed by atoms with Gasteiger partial charge in [0.15, 0.2) is 5.13 Å². The molecule has 160 valence electrons. The molecule has 0 bridgehead atoms. The summed E-state index contributed by atoms with van der Waals surface area (Å²) in [7, 11) is 0. The molecule has 30 heavy (non-hydrogen) atoms. The zero-order valence-corrected chi connectivity index (χ0v) is 16.1. The van der Waals surface area contributed by atoms with Gasteiger partial charge in [0, 0.05) is 17.5 Å². The summed E-state index contributed by atoms with van der Waals surface area (Å²) in [4.78, 5) is 16.8. The van der Waals surface area contributed by atoms with Gasteiger partial charge >= 0.3 is 12.4 Å². The zero-order valence-electron chi connectivity index (χ0n) is 15.3. The van der Waals surface area contributed by atoms with E-state index in [4.69, 9.17) is 0 Å². The number of halogens is 6. The topological polar surface area (TPSA) is 65.8 Å². The van der Waals surface area contributed by atoms with Crippen molar-refractivity contribution >= 4 is 22.4 Å². The number of rotatable bonds is 4. The van der Waals surface area contributed by atoms with Crippen molar-refractivity contribution in [3.8, 4) is 6.07 Å². The van der Waals surface area contributed by atoms with Gasteiger partial charge in [-0.3, -0.25) is 4.79 Å². The molecule has 1 saturated carbocycles. The third kappa shape index (κ3) is 4.75. The maximum Gasteiger partial charge on any atom is 0.416 e. The van der Waals surface area contributed by atoms with Crippen molar-refractivity contribution in [3.05, 3.63) is 46.0 Å². The Balaban J connectivity index is 1.80. The number of anilines is 1. The van der Waals surface area contributed by atoms with E-state index in [1.165, 1.54) is 6.20 Å². The van der Waals surface area contributed by atoms with Crippen LogP contribution in [-0.4, -0.2) is 10.9 Å². The third-order valence-corrected chi connectivity index (χ3v) is 5.82. The number of hydrogen-bond donors (Lipinski definition) is 1. The van der Waals surface area contributed by atoms with E-state index in [1.807, 2.05) is 6.07 Å². The lowest BCUT2D eigenvalue weighted by molar-refractivity contribution is -0.143. The average Bonchev–Trinajstić information content (AvgIpc) is 3.30. The number of amides is 1. The van der Waals surface area contributed by atoms with Crippen LogP contribution in [0.5, 0.6) is 0 Å². The molecule has 2 aromatic rings. The van der Waals surface area contributed by atoms with Gasteiger partial charge in [-0.05, 0) is 36.6 Å². The van der Waals surface area contributed by atoms with Crippen LogP contribution in [0.25, 0.3) is 0 Å². The molecule has 1 fully saturated rings. The van der Waals surface area contributed by atoms with Gasteiger partial charge in [-0.2, -0.15) is 31.6 Å². The Bertz CT molecular complexity index is 951. The van der Waals surface area contributed by atoms with Crippen molar-refractivity contribution in [2.75, 3.05) is 5.32 Å². The number of hydrogen-bond acceptors (Lipinski definition) is 4. The first-order chi connectivity index (χ1) is 13.9. The van der Waals surface area contributed by atoms with E-state index >= 15 is 0 Å². The van der Waals surface area contributed by atoms with Crippen LogP contribution in [0.3, 0.4) is 0 Å². The first-order valence-electron chi connectivity index (χ1n) is 8.89. The quantitative estimate of drug-likeness (QED) is 0.603. The highest BCUT2D eigenvalue weighted by molar-refractivity contribution is 7.15. The minimum Gasteiger partial charge on any atom is -0.301 e. The standard InChI is InChI=1S/C19H15F6N3OS/c20-18(21,22)12-5-11(6-13(8-12)19(23,24)25)7-14-9-27-16(30-14)28-15(29)17(10-26)3-1-2-4-17/h5-6,8-9H,1-4,7H2,(H,27,28,29). The number of carbonyl (C=O) groups is 1.